The molecule has 0 unspecified atom stereocenters. The largest absolute Gasteiger partial charge is 0.323 e. The Bertz CT molecular complexity index is 772. The summed E-state index contributed by atoms with van der Waals surface area (Å²) < 4.78 is 27.5. The number of anilines is 1. The van der Waals surface area contributed by atoms with Gasteiger partial charge in [-0.05, 0) is 34.7 Å². The number of guanidine groups is 1. The zero-order valence-electron chi connectivity index (χ0n) is 10.00. The molecule has 1 aliphatic heterocycles. The fourth-order valence-electron chi connectivity index (χ4n) is 1.73. The van der Waals surface area contributed by atoms with E-state index >= 15 is 0 Å². The van der Waals surface area contributed by atoms with E-state index in [1.165, 1.54) is 11.3 Å². The van der Waals surface area contributed by atoms with Crippen LogP contribution in [0, 0.1) is 3.57 Å². The maximum atomic E-state index is 12.1. The lowest BCUT2D eigenvalue weighted by atomic mass is 10.3. The number of halogens is 1. The third kappa shape index (κ3) is 2.65. The number of rotatable bonds is 2. The van der Waals surface area contributed by atoms with Gasteiger partial charge in [0.15, 0.2) is 0 Å². The third-order valence-electron chi connectivity index (χ3n) is 2.60. The number of aliphatic imine (C=N–C) groups is 1. The number of benzene rings is 1. The van der Waals surface area contributed by atoms with E-state index in [-0.39, 0.29) is 10.9 Å². The average Bonchev–Trinajstić information content (AvgIpc) is 2.90. The molecule has 2 N–H and O–H groups in total. The molecule has 0 saturated carbocycles. The number of hydrogen-bond acceptors (Lipinski definition) is 5. The predicted molar refractivity (Wildman–Crippen MR) is 86.4 cm³/mol. The first-order valence-corrected chi connectivity index (χ1v) is 9.01. The van der Waals surface area contributed by atoms with Crippen molar-refractivity contribution in [3.05, 3.63) is 38.4 Å². The quantitative estimate of drug-likeness (QED) is 0.729. The van der Waals surface area contributed by atoms with Gasteiger partial charge in [-0.1, -0.05) is 6.07 Å². The Balaban J connectivity index is 1.95. The van der Waals surface area contributed by atoms with Gasteiger partial charge in [0, 0.05) is 15.1 Å². The van der Waals surface area contributed by atoms with Crippen LogP contribution in [0.1, 0.15) is 5.01 Å². The monoisotopic (exact) mass is 420 g/mol. The van der Waals surface area contributed by atoms with E-state index < -0.39 is 10.0 Å². The first-order chi connectivity index (χ1) is 9.56. The SMILES string of the molecule is O=S1(=O)NC(=NCc2nccs2)Nc2c(I)cccc21. The summed E-state index contributed by atoms with van der Waals surface area (Å²) in [5, 5.41) is 5.69. The molecular formula is C11H9IN4O2S2. The number of fused-ring (bicyclic) bond motifs is 1. The van der Waals surface area contributed by atoms with Crippen molar-refractivity contribution in [2.45, 2.75) is 11.4 Å². The second-order valence-electron chi connectivity index (χ2n) is 3.93. The van der Waals surface area contributed by atoms with Crippen LogP contribution in [0.2, 0.25) is 0 Å². The summed E-state index contributed by atoms with van der Waals surface area (Å²) in [5.41, 5.74) is 0.560. The Hall–Kier alpha value is -1.20. The zero-order valence-corrected chi connectivity index (χ0v) is 13.8. The van der Waals surface area contributed by atoms with Gasteiger partial charge in [0.1, 0.15) is 9.90 Å². The molecule has 9 heteroatoms. The van der Waals surface area contributed by atoms with Crippen molar-refractivity contribution in [2.75, 3.05) is 5.32 Å². The Morgan fingerprint density at radius 1 is 1.40 bits per heavy atom. The number of nitrogens with one attached hydrogen (secondary N) is 2. The highest BCUT2D eigenvalue weighted by Crippen LogP contribution is 2.29. The van der Waals surface area contributed by atoms with Crippen molar-refractivity contribution in [1.29, 1.82) is 0 Å². The first-order valence-electron chi connectivity index (χ1n) is 5.57. The molecule has 3 rings (SSSR count). The lowest BCUT2D eigenvalue weighted by Crippen LogP contribution is -2.41. The number of para-hydroxylation sites is 1. The summed E-state index contributed by atoms with van der Waals surface area (Å²) in [4.78, 5) is 8.56. The van der Waals surface area contributed by atoms with Crippen molar-refractivity contribution in [1.82, 2.24) is 9.71 Å². The molecule has 6 nitrogen and oxygen atoms in total. The van der Waals surface area contributed by atoms with E-state index in [0.717, 1.165) is 8.58 Å². The van der Waals surface area contributed by atoms with Crippen LogP contribution in [0.25, 0.3) is 0 Å². The maximum Gasteiger partial charge on any atom is 0.266 e. The average molecular weight is 420 g/mol. The van der Waals surface area contributed by atoms with Crippen LogP contribution in [0.3, 0.4) is 0 Å². The van der Waals surface area contributed by atoms with Crippen molar-refractivity contribution >= 4 is 55.6 Å². The van der Waals surface area contributed by atoms with Gasteiger partial charge in [0.25, 0.3) is 10.0 Å². The molecular weight excluding hydrogens is 411 g/mol. The molecule has 0 saturated heterocycles. The molecule has 1 aliphatic rings. The summed E-state index contributed by atoms with van der Waals surface area (Å²) in [6.45, 7) is 0.335. The molecule has 0 aliphatic carbocycles. The van der Waals surface area contributed by atoms with E-state index in [9.17, 15) is 8.42 Å². The second-order valence-corrected chi connectivity index (χ2v) is 7.73. The smallest absolute Gasteiger partial charge is 0.266 e. The highest BCUT2D eigenvalue weighted by Gasteiger charge is 2.27. The molecule has 104 valence electrons. The minimum atomic E-state index is -3.57. The number of aromatic nitrogens is 1. The van der Waals surface area contributed by atoms with E-state index in [1.54, 1.807) is 18.3 Å². The molecule has 0 spiro atoms. The summed E-state index contributed by atoms with van der Waals surface area (Å²) in [7, 11) is -3.57. The molecule has 1 aromatic carbocycles. The van der Waals surface area contributed by atoms with Gasteiger partial charge >= 0.3 is 0 Å². The summed E-state index contributed by atoms with van der Waals surface area (Å²) in [5.74, 6) is 0.219. The second kappa shape index (κ2) is 5.30. The number of hydrogen-bond donors (Lipinski definition) is 2. The predicted octanol–water partition coefficient (Wildman–Crippen LogP) is 2.01. The zero-order chi connectivity index (χ0) is 14.2. The van der Waals surface area contributed by atoms with Gasteiger partial charge in [0.05, 0.1) is 12.2 Å². The van der Waals surface area contributed by atoms with E-state index in [2.05, 4.69) is 42.6 Å². The van der Waals surface area contributed by atoms with Crippen LogP contribution in [-0.2, 0) is 16.6 Å². The summed E-state index contributed by atoms with van der Waals surface area (Å²) in [6, 6.07) is 5.11. The number of thiazole rings is 1. The minimum Gasteiger partial charge on any atom is -0.323 e. The van der Waals surface area contributed by atoms with Gasteiger partial charge in [0.2, 0.25) is 5.96 Å². The Morgan fingerprint density at radius 3 is 3.00 bits per heavy atom. The number of nitrogens with zero attached hydrogens (tertiary/aromatic N) is 2. The van der Waals surface area contributed by atoms with Gasteiger partial charge in [-0.25, -0.2) is 23.1 Å². The fourth-order valence-corrected chi connectivity index (χ4v) is 4.25. The molecule has 0 fully saturated rings. The van der Waals surface area contributed by atoms with E-state index in [4.69, 9.17) is 0 Å². The van der Waals surface area contributed by atoms with Crippen LogP contribution in [0.5, 0.6) is 0 Å². The fraction of sp³-hybridized carbons (Fsp3) is 0.0909. The van der Waals surface area contributed by atoms with Gasteiger partial charge in [-0.15, -0.1) is 11.3 Å². The Kier molecular flexibility index (Phi) is 3.65. The topological polar surface area (TPSA) is 83.5 Å². The molecule has 20 heavy (non-hydrogen) atoms. The summed E-state index contributed by atoms with van der Waals surface area (Å²) in [6.07, 6.45) is 1.69. The lowest BCUT2D eigenvalue weighted by Gasteiger charge is -2.22. The van der Waals surface area contributed by atoms with E-state index in [0.29, 0.717) is 12.2 Å². The molecule has 0 atom stereocenters. The van der Waals surface area contributed by atoms with Crippen LogP contribution in [0.15, 0.2) is 39.7 Å². The van der Waals surface area contributed by atoms with Crippen LogP contribution >= 0.6 is 33.9 Å². The van der Waals surface area contributed by atoms with Crippen molar-refractivity contribution in [3.63, 3.8) is 0 Å². The summed E-state index contributed by atoms with van der Waals surface area (Å²) >= 11 is 3.56. The highest BCUT2D eigenvalue weighted by molar-refractivity contribution is 14.1. The van der Waals surface area contributed by atoms with Gasteiger partial charge in [-0.2, -0.15) is 0 Å². The highest BCUT2D eigenvalue weighted by atomic mass is 127. The van der Waals surface area contributed by atoms with E-state index in [1.807, 2.05) is 11.4 Å². The molecule has 2 heterocycles. The van der Waals surface area contributed by atoms with Crippen LogP contribution in [0.4, 0.5) is 5.69 Å². The molecule has 2 aromatic rings. The first kappa shape index (κ1) is 13.8. The standard InChI is InChI=1S/C11H9IN4O2S2/c12-7-2-1-3-8-10(7)15-11(16-20(8,17)18)14-6-9-13-4-5-19-9/h1-5H,6H2,(H2,14,15,16). The Labute approximate surface area is 133 Å². The Morgan fingerprint density at radius 2 is 2.25 bits per heavy atom. The van der Waals surface area contributed by atoms with Crippen molar-refractivity contribution in [2.24, 2.45) is 4.99 Å². The van der Waals surface area contributed by atoms with Crippen molar-refractivity contribution in [3.8, 4) is 0 Å². The van der Waals surface area contributed by atoms with Gasteiger partial charge in [-0.3, -0.25) is 0 Å². The molecule has 0 amide bonds. The van der Waals surface area contributed by atoms with Gasteiger partial charge < -0.3 is 5.32 Å². The molecule has 0 bridgehead atoms. The minimum absolute atomic E-state index is 0.219. The normalized spacial score (nSPS) is 18.1. The lowest BCUT2D eigenvalue weighted by molar-refractivity contribution is 0.591. The maximum absolute atomic E-state index is 12.1. The number of sulfonamides is 1. The van der Waals surface area contributed by atoms with Crippen molar-refractivity contribution < 1.29 is 8.42 Å². The third-order valence-corrected chi connectivity index (χ3v) is 5.64. The molecule has 0 radical (unpaired) electrons. The van der Waals surface area contributed by atoms with Crippen LogP contribution in [-0.4, -0.2) is 19.4 Å². The van der Waals surface area contributed by atoms with Crippen LogP contribution < -0.4 is 10.0 Å². The molecule has 1 aromatic heterocycles.